The summed E-state index contributed by atoms with van der Waals surface area (Å²) in [6, 6.07) is 8.49. The van der Waals surface area contributed by atoms with E-state index in [2.05, 4.69) is 23.5 Å². The Kier molecular flexibility index (Phi) is 6.18. The molecule has 0 aromatic heterocycles. The molecule has 1 aromatic rings. The molecule has 0 radical (unpaired) electrons. The van der Waals surface area contributed by atoms with Crippen LogP contribution in [0.5, 0.6) is 0 Å². The minimum absolute atomic E-state index is 0.0353. The van der Waals surface area contributed by atoms with Gasteiger partial charge in [-0.3, -0.25) is 9.59 Å². The zero-order chi connectivity index (χ0) is 16.8. The van der Waals surface area contributed by atoms with Crippen LogP contribution >= 0.6 is 11.8 Å². The smallest absolute Gasteiger partial charge is 0.232 e. The van der Waals surface area contributed by atoms with Gasteiger partial charge in [0.2, 0.25) is 11.8 Å². The number of benzene rings is 1. The van der Waals surface area contributed by atoms with E-state index < -0.39 is 0 Å². The molecule has 1 saturated heterocycles. The first-order chi connectivity index (χ1) is 11.7. The molecular weight excluding hydrogens is 320 g/mol. The van der Waals surface area contributed by atoms with Crippen LogP contribution in [-0.4, -0.2) is 41.3 Å². The second-order valence-corrected chi connectivity index (χ2v) is 7.63. The highest BCUT2D eigenvalue weighted by molar-refractivity contribution is 8.00. The number of carbonyl (C=O) groups excluding carboxylic acids is 2. The first kappa shape index (κ1) is 17.3. The number of hydrogen-bond donors (Lipinski definition) is 1. The zero-order valence-corrected chi connectivity index (χ0v) is 14.9. The fourth-order valence-corrected chi connectivity index (χ4v) is 4.33. The second-order valence-electron chi connectivity index (χ2n) is 6.65. The SMILES string of the molecule is O=C(CSCC(=O)N1CCCCC1)N[C@H]1CCCc2ccccc21. The van der Waals surface area contributed by atoms with Crippen LogP contribution in [-0.2, 0) is 16.0 Å². The molecule has 0 saturated carbocycles. The molecule has 1 heterocycles. The first-order valence-corrected chi connectivity index (χ1v) is 10.1. The molecule has 1 fully saturated rings. The molecule has 0 unspecified atom stereocenters. The molecule has 1 N–H and O–H groups in total. The third-order valence-electron chi connectivity index (χ3n) is 4.87. The monoisotopic (exact) mass is 346 g/mol. The van der Waals surface area contributed by atoms with Gasteiger partial charge in [-0.05, 0) is 49.7 Å². The van der Waals surface area contributed by atoms with Gasteiger partial charge >= 0.3 is 0 Å². The van der Waals surface area contributed by atoms with Crippen molar-refractivity contribution in [3.63, 3.8) is 0 Å². The summed E-state index contributed by atoms with van der Waals surface area (Å²) in [5.74, 6) is 0.982. The molecule has 2 amide bonds. The number of rotatable bonds is 5. The quantitative estimate of drug-likeness (QED) is 0.892. The number of carbonyl (C=O) groups is 2. The highest BCUT2D eigenvalue weighted by Gasteiger charge is 2.22. The van der Waals surface area contributed by atoms with Gasteiger partial charge in [-0.2, -0.15) is 0 Å². The Morgan fingerprint density at radius 3 is 2.71 bits per heavy atom. The number of likely N-dealkylation sites (tertiary alicyclic amines) is 1. The van der Waals surface area contributed by atoms with E-state index >= 15 is 0 Å². The molecule has 130 valence electrons. The van der Waals surface area contributed by atoms with Crippen LogP contribution in [0.2, 0.25) is 0 Å². The average molecular weight is 346 g/mol. The third-order valence-corrected chi connectivity index (χ3v) is 5.79. The Hall–Kier alpha value is -1.49. The largest absolute Gasteiger partial charge is 0.349 e. The molecule has 1 atom stereocenters. The van der Waals surface area contributed by atoms with Crippen molar-refractivity contribution in [3.05, 3.63) is 35.4 Å². The second kappa shape index (κ2) is 8.56. The van der Waals surface area contributed by atoms with Crippen LogP contribution in [0.3, 0.4) is 0 Å². The van der Waals surface area contributed by atoms with Crippen LogP contribution < -0.4 is 5.32 Å². The number of nitrogens with zero attached hydrogens (tertiary/aromatic N) is 1. The molecule has 1 aliphatic carbocycles. The summed E-state index contributed by atoms with van der Waals surface area (Å²) in [5, 5.41) is 3.14. The lowest BCUT2D eigenvalue weighted by Crippen LogP contribution is -2.37. The van der Waals surface area contributed by atoms with Gasteiger partial charge in [0.1, 0.15) is 0 Å². The fraction of sp³-hybridized carbons (Fsp3) is 0.579. The van der Waals surface area contributed by atoms with Crippen molar-refractivity contribution in [2.75, 3.05) is 24.6 Å². The summed E-state index contributed by atoms with van der Waals surface area (Å²) >= 11 is 1.43. The summed E-state index contributed by atoms with van der Waals surface area (Å²) < 4.78 is 0. The molecule has 2 aliphatic rings. The van der Waals surface area contributed by atoms with Gasteiger partial charge in [0.25, 0.3) is 0 Å². The Morgan fingerprint density at radius 1 is 1.08 bits per heavy atom. The Bertz CT molecular complexity index is 584. The van der Waals surface area contributed by atoms with Crippen LogP contribution in [0.25, 0.3) is 0 Å². The summed E-state index contributed by atoms with van der Waals surface area (Å²) in [6.45, 7) is 1.76. The molecule has 0 bridgehead atoms. The van der Waals surface area contributed by atoms with Crippen molar-refractivity contribution in [2.45, 2.75) is 44.6 Å². The van der Waals surface area contributed by atoms with Gasteiger partial charge in [-0.25, -0.2) is 0 Å². The van der Waals surface area contributed by atoms with E-state index in [1.807, 2.05) is 11.0 Å². The predicted octanol–water partition coefficient (Wildman–Crippen LogP) is 2.93. The van der Waals surface area contributed by atoms with E-state index in [-0.39, 0.29) is 17.9 Å². The first-order valence-electron chi connectivity index (χ1n) is 8.97. The van der Waals surface area contributed by atoms with Crippen molar-refractivity contribution in [2.24, 2.45) is 0 Å². The Morgan fingerprint density at radius 2 is 1.88 bits per heavy atom. The molecule has 1 aromatic carbocycles. The van der Waals surface area contributed by atoms with Gasteiger partial charge in [0.05, 0.1) is 17.5 Å². The lowest BCUT2D eigenvalue weighted by atomic mass is 9.88. The normalized spacial score (nSPS) is 20.3. The molecular formula is C19H26N2O2S. The maximum absolute atomic E-state index is 12.2. The molecule has 24 heavy (non-hydrogen) atoms. The summed E-state index contributed by atoms with van der Waals surface area (Å²) in [7, 11) is 0. The number of aryl methyl sites for hydroxylation is 1. The summed E-state index contributed by atoms with van der Waals surface area (Å²) in [5.41, 5.74) is 2.61. The molecule has 1 aliphatic heterocycles. The number of amides is 2. The van der Waals surface area contributed by atoms with E-state index in [0.29, 0.717) is 11.5 Å². The molecule has 4 nitrogen and oxygen atoms in total. The van der Waals surface area contributed by atoms with Crippen molar-refractivity contribution >= 4 is 23.6 Å². The van der Waals surface area contributed by atoms with Crippen LogP contribution in [0.1, 0.15) is 49.3 Å². The van der Waals surface area contributed by atoms with E-state index in [0.717, 1.165) is 45.2 Å². The highest BCUT2D eigenvalue weighted by atomic mass is 32.2. The van der Waals surface area contributed by atoms with Crippen molar-refractivity contribution < 1.29 is 9.59 Å². The third kappa shape index (κ3) is 4.53. The highest BCUT2D eigenvalue weighted by Crippen LogP contribution is 2.29. The molecule has 5 heteroatoms. The van der Waals surface area contributed by atoms with E-state index in [1.165, 1.54) is 29.3 Å². The van der Waals surface area contributed by atoms with Gasteiger partial charge in [0, 0.05) is 13.1 Å². The van der Waals surface area contributed by atoms with Crippen LogP contribution in [0, 0.1) is 0 Å². The van der Waals surface area contributed by atoms with E-state index in [1.54, 1.807) is 0 Å². The van der Waals surface area contributed by atoms with E-state index in [4.69, 9.17) is 0 Å². The number of hydrogen-bond acceptors (Lipinski definition) is 3. The Labute approximate surface area is 148 Å². The number of nitrogens with one attached hydrogen (secondary N) is 1. The van der Waals surface area contributed by atoms with Crippen molar-refractivity contribution in [3.8, 4) is 0 Å². The van der Waals surface area contributed by atoms with Crippen molar-refractivity contribution in [1.82, 2.24) is 10.2 Å². The minimum atomic E-state index is 0.0353. The predicted molar refractivity (Wildman–Crippen MR) is 98.0 cm³/mol. The van der Waals surface area contributed by atoms with Crippen molar-refractivity contribution in [1.29, 1.82) is 0 Å². The van der Waals surface area contributed by atoms with Gasteiger partial charge in [-0.15, -0.1) is 11.8 Å². The molecule has 3 rings (SSSR count). The van der Waals surface area contributed by atoms with Gasteiger partial charge in [0.15, 0.2) is 0 Å². The van der Waals surface area contributed by atoms with Crippen LogP contribution in [0.4, 0.5) is 0 Å². The number of fused-ring (bicyclic) bond motifs is 1. The summed E-state index contributed by atoms with van der Waals surface area (Å²) in [4.78, 5) is 26.3. The standard InChI is InChI=1S/C19H26N2O2S/c22-18(13-24-14-19(23)21-11-4-1-5-12-21)20-17-10-6-8-15-7-2-3-9-16(15)17/h2-3,7,9,17H,1,4-6,8,10-14H2,(H,20,22)/t17-/m0/s1. The topological polar surface area (TPSA) is 49.4 Å². The maximum atomic E-state index is 12.2. The minimum Gasteiger partial charge on any atom is -0.349 e. The van der Waals surface area contributed by atoms with E-state index in [9.17, 15) is 9.59 Å². The zero-order valence-electron chi connectivity index (χ0n) is 14.1. The maximum Gasteiger partial charge on any atom is 0.232 e. The van der Waals surface area contributed by atoms with Gasteiger partial charge < -0.3 is 10.2 Å². The molecule has 0 spiro atoms. The Balaban J connectivity index is 1.42. The lowest BCUT2D eigenvalue weighted by Gasteiger charge is -2.27. The average Bonchev–Trinajstić information content (AvgIpc) is 2.63. The summed E-state index contributed by atoms with van der Waals surface area (Å²) in [6.07, 6.45) is 6.66. The van der Waals surface area contributed by atoms with Crippen LogP contribution in [0.15, 0.2) is 24.3 Å². The lowest BCUT2D eigenvalue weighted by molar-refractivity contribution is -0.129. The number of piperidine rings is 1. The number of thioether (sulfide) groups is 1. The fourth-order valence-electron chi connectivity index (χ4n) is 3.61. The van der Waals surface area contributed by atoms with Gasteiger partial charge in [-0.1, -0.05) is 24.3 Å².